The second-order valence-electron chi connectivity index (χ2n) is 7.47. The van der Waals surface area contributed by atoms with Gasteiger partial charge in [0.1, 0.15) is 4.90 Å². The fourth-order valence-corrected chi connectivity index (χ4v) is 5.58. The molecule has 0 bridgehead atoms. The maximum absolute atomic E-state index is 12.9. The van der Waals surface area contributed by atoms with Gasteiger partial charge in [0.05, 0.1) is 11.1 Å². The largest absolute Gasteiger partial charge is 0.390 e. The predicted molar refractivity (Wildman–Crippen MR) is 125 cm³/mol. The highest BCUT2D eigenvalue weighted by atomic mass is 79.9. The number of carbonyl (C=O) groups excluding carboxylic acids is 1. The molecule has 1 unspecified atom stereocenters. The van der Waals surface area contributed by atoms with Gasteiger partial charge in [0.25, 0.3) is 0 Å². The van der Waals surface area contributed by atoms with Crippen LogP contribution in [0.1, 0.15) is 18.4 Å². The summed E-state index contributed by atoms with van der Waals surface area (Å²) < 4.78 is 27.9. The van der Waals surface area contributed by atoms with Crippen molar-refractivity contribution in [3.8, 4) is 0 Å². The van der Waals surface area contributed by atoms with E-state index in [9.17, 15) is 18.3 Å². The molecule has 0 spiro atoms. The number of aliphatic hydroxyl groups excluding tert-OH is 1. The van der Waals surface area contributed by atoms with Crippen LogP contribution in [0.3, 0.4) is 0 Å². The van der Waals surface area contributed by atoms with Gasteiger partial charge in [-0.1, -0.05) is 45.7 Å². The Hall–Kier alpha value is -1.65. The van der Waals surface area contributed by atoms with E-state index in [1.54, 1.807) is 17.0 Å². The molecular weight excluding hydrogens is 506 g/mol. The minimum Gasteiger partial charge on any atom is -0.390 e. The topological polar surface area (TPSA) is 90.0 Å². The van der Waals surface area contributed by atoms with Gasteiger partial charge < -0.3 is 15.3 Å². The number of amides is 1. The Kier molecular flexibility index (Phi) is 7.98. The molecule has 168 valence electrons. The lowest BCUT2D eigenvalue weighted by Gasteiger charge is -2.24. The molecule has 1 aliphatic heterocycles. The van der Waals surface area contributed by atoms with Crippen molar-refractivity contribution < 1.29 is 18.3 Å². The molecule has 0 radical (unpaired) electrons. The van der Waals surface area contributed by atoms with Crippen LogP contribution < -0.4 is 5.32 Å². The first-order valence-corrected chi connectivity index (χ1v) is 12.5. The lowest BCUT2D eigenvalue weighted by molar-refractivity contribution is -0.128. The number of rotatable bonds is 9. The smallest absolute Gasteiger partial charge is 0.244 e. The van der Waals surface area contributed by atoms with Crippen molar-refractivity contribution in [3.63, 3.8) is 0 Å². The van der Waals surface area contributed by atoms with Crippen LogP contribution in [-0.2, 0) is 21.4 Å². The summed E-state index contributed by atoms with van der Waals surface area (Å²) in [5.74, 6) is -0.0155. The Morgan fingerprint density at radius 2 is 2.03 bits per heavy atom. The van der Waals surface area contributed by atoms with Gasteiger partial charge in [-0.15, -0.1) is 0 Å². The molecule has 1 aliphatic rings. The van der Waals surface area contributed by atoms with E-state index >= 15 is 0 Å². The van der Waals surface area contributed by atoms with Gasteiger partial charge in [0.2, 0.25) is 15.9 Å². The van der Waals surface area contributed by atoms with Crippen LogP contribution in [0.15, 0.2) is 51.8 Å². The van der Waals surface area contributed by atoms with Crippen molar-refractivity contribution in [2.45, 2.75) is 30.4 Å². The summed E-state index contributed by atoms with van der Waals surface area (Å²) in [7, 11) is -2.51. The number of nitrogens with zero attached hydrogens (tertiary/aromatic N) is 2. The third-order valence-electron chi connectivity index (χ3n) is 5.13. The maximum atomic E-state index is 12.9. The molecule has 0 aliphatic carbocycles. The van der Waals surface area contributed by atoms with Crippen LogP contribution >= 0.6 is 27.5 Å². The van der Waals surface area contributed by atoms with E-state index in [0.717, 1.165) is 20.8 Å². The van der Waals surface area contributed by atoms with Gasteiger partial charge in [0.15, 0.2) is 0 Å². The molecule has 1 amide bonds. The molecule has 0 aromatic heterocycles. The minimum atomic E-state index is -3.90. The third kappa shape index (κ3) is 5.98. The molecule has 1 heterocycles. The highest BCUT2D eigenvalue weighted by Crippen LogP contribution is 2.28. The van der Waals surface area contributed by atoms with E-state index in [4.69, 9.17) is 11.6 Å². The number of aliphatic hydroxyl groups is 1. The zero-order valence-corrected chi connectivity index (χ0v) is 20.3. The van der Waals surface area contributed by atoms with Crippen LogP contribution in [0.2, 0.25) is 5.02 Å². The number of halogens is 2. The Morgan fingerprint density at radius 1 is 1.29 bits per heavy atom. The van der Waals surface area contributed by atoms with Crippen molar-refractivity contribution in [2.24, 2.45) is 0 Å². The van der Waals surface area contributed by atoms with Crippen molar-refractivity contribution in [1.82, 2.24) is 9.21 Å². The van der Waals surface area contributed by atoms with E-state index in [-0.39, 0.29) is 28.9 Å². The molecule has 10 heteroatoms. The summed E-state index contributed by atoms with van der Waals surface area (Å²) in [6.07, 6.45) is 0.250. The Labute approximate surface area is 196 Å². The average molecular weight is 531 g/mol. The highest BCUT2D eigenvalue weighted by Gasteiger charge is 2.28. The zero-order chi connectivity index (χ0) is 22.6. The van der Waals surface area contributed by atoms with Crippen molar-refractivity contribution in [3.05, 3.63) is 57.5 Å². The lowest BCUT2D eigenvalue weighted by atomic mass is 10.2. The first-order valence-electron chi connectivity index (χ1n) is 9.87. The average Bonchev–Trinajstić information content (AvgIpc) is 3.11. The summed E-state index contributed by atoms with van der Waals surface area (Å²) >= 11 is 9.79. The molecule has 2 aromatic rings. The number of β-amino-alcohol motifs (C(OH)–C–C–N with tert-alkyl or cyclic N) is 1. The monoisotopic (exact) mass is 529 g/mol. The van der Waals surface area contributed by atoms with Crippen LogP contribution in [0.4, 0.5) is 5.69 Å². The van der Waals surface area contributed by atoms with E-state index in [1.807, 2.05) is 24.3 Å². The van der Waals surface area contributed by atoms with Crippen LogP contribution in [0, 0.1) is 0 Å². The van der Waals surface area contributed by atoms with E-state index < -0.39 is 16.1 Å². The molecule has 1 saturated heterocycles. The molecule has 31 heavy (non-hydrogen) atoms. The zero-order valence-electron chi connectivity index (χ0n) is 17.1. The highest BCUT2D eigenvalue weighted by molar-refractivity contribution is 9.10. The predicted octanol–water partition coefficient (Wildman–Crippen LogP) is 3.32. The molecule has 0 saturated carbocycles. The fourth-order valence-electron chi connectivity index (χ4n) is 3.43. The number of likely N-dealkylation sites (N-methyl/N-ethyl adjacent to an activating group) is 1. The minimum absolute atomic E-state index is 0.0155. The Bertz CT molecular complexity index is 1050. The van der Waals surface area contributed by atoms with Crippen LogP contribution in [0.25, 0.3) is 0 Å². The number of carbonyl (C=O) groups is 1. The summed E-state index contributed by atoms with van der Waals surface area (Å²) in [5.41, 5.74) is 1.75. The lowest BCUT2D eigenvalue weighted by Crippen LogP contribution is -2.41. The number of hydrogen-bond donors (Lipinski definition) is 2. The van der Waals surface area contributed by atoms with Crippen molar-refractivity contribution >= 4 is 49.1 Å². The standard InChI is InChI=1S/C21H25BrClN3O4S/c1-25(13-17(27)14-26-10-4-7-21(26)28)31(29,30)20-9-8-16(11-19(20)23)24-12-15-5-2-3-6-18(15)22/h2-3,5-6,8-9,11,17,24,27H,4,7,10,12-14H2,1H3. The number of anilines is 1. The Morgan fingerprint density at radius 3 is 2.68 bits per heavy atom. The number of nitrogens with one attached hydrogen (secondary N) is 1. The molecule has 1 fully saturated rings. The quantitative estimate of drug-likeness (QED) is 0.519. The summed E-state index contributed by atoms with van der Waals surface area (Å²) in [6.45, 7) is 1.12. The van der Waals surface area contributed by atoms with Gasteiger partial charge in [-0.25, -0.2) is 8.42 Å². The first-order chi connectivity index (χ1) is 14.7. The number of likely N-dealkylation sites (tertiary alicyclic amines) is 1. The molecule has 3 rings (SSSR count). The fraction of sp³-hybridized carbons (Fsp3) is 0.381. The van der Waals surface area contributed by atoms with Gasteiger partial charge in [0, 0.05) is 49.8 Å². The number of benzene rings is 2. The van der Waals surface area contributed by atoms with Gasteiger partial charge in [-0.3, -0.25) is 4.79 Å². The summed E-state index contributed by atoms with van der Waals surface area (Å²) in [6, 6.07) is 12.5. The van der Waals surface area contributed by atoms with Gasteiger partial charge >= 0.3 is 0 Å². The van der Waals surface area contributed by atoms with E-state index in [0.29, 0.717) is 25.2 Å². The van der Waals surface area contributed by atoms with Crippen molar-refractivity contribution in [2.75, 3.05) is 32.0 Å². The maximum Gasteiger partial charge on any atom is 0.244 e. The SMILES string of the molecule is CN(CC(O)CN1CCCC1=O)S(=O)(=O)c1ccc(NCc2ccccc2Br)cc1Cl. The van der Waals surface area contributed by atoms with Crippen molar-refractivity contribution in [1.29, 1.82) is 0 Å². The van der Waals surface area contributed by atoms with Crippen LogP contribution in [0.5, 0.6) is 0 Å². The van der Waals surface area contributed by atoms with Crippen LogP contribution in [-0.4, -0.2) is 61.4 Å². The Balaban J connectivity index is 1.64. The van der Waals surface area contributed by atoms with E-state index in [2.05, 4.69) is 21.2 Å². The number of sulfonamides is 1. The first kappa shape index (κ1) is 24.0. The molecule has 2 aromatic carbocycles. The second kappa shape index (κ2) is 10.3. The third-order valence-corrected chi connectivity index (χ3v) is 8.21. The second-order valence-corrected chi connectivity index (χ2v) is 10.7. The summed E-state index contributed by atoms with van der Waals surface area (Å²) in [4.78, 5) is 13.2. The summed E-state index contributed by atoms with van der Waals surface area (Å²) in [5, 5.41) is 13.6. The normalized spacial score (nSPS) is 15.5. The number of hydrogen-bond acceptors (Lipinski definition) is 5. The molecular formula is C21H25BrClN3O4S. The molecule has 2 N–H and O–H groups in total. The van der Waals surface area contributed by atoms with Gasteiger partial charge in [-0.2, -0.15) is 4.31 Å². The molecule has 1 atom stereocenters. The van der Waals surface area contributed by atoms with E-state index in [1.165, 1.54) is 13.1 Å². The van der Waals surface area contributed by atoms with Gasteiger partial charge in [-0.05, 0) is 36.2 Å². The molecule has 7 nitrogen and oxygen atoms in total.